The van der Waals surface area contributed by atoms with Crippen molar-refractivity contribution in [1.82, 2.24) is 29.4 Å². The molecule has 0 saturated carbocycles. The minimum absolute atomic E-state index is 0.157. The summed E-state index contributed by atoms with van der Waals surface area (Å²) in [7, 11) is 5.71. The van der Waals surface area contributed by atoms with Gasteiger partial charge < -0.3 is 10.2 Å². The van der Waals surface area contributed by atoms with Crippen LogP contribution in [0.3, 0.4) is 0 Å². The largest absolute Gasteiger partial charge is 0.375 e. The predicted molar refractivity (Wildman–Crippen MR) is 83.1 cm³/mol. The first-order valence-corrected chi connectivity index (χ1v) is 7.25. The predicted octanol–water partition coefficient (Wildman–Crippen LogP) is 0.308. The Bertz CT molecular complexity index is 664. The zero-order valence-electron chi connectivity index (χ0n) is 12.2. The molecule has 114 valence electrons. The molecule has 0 saturated heterocycles. The molecule has 0 atom stereocenters. The van der Waals surface area contributed by atoms with Crippen LogP contribution in [0.4, 0.5) is 5.69 Å². The number of aryl methyl sites for hydroxylation is 1. The van der Waals surface area contributed by atoms with E-state index in [9.17, 15) is 4.79 Å². The van der Waals surface area contributed by atoms with Crippen LogP contribution in [-0.2, 0) is 20.1 Å². The number of rotatable bonds is 6. The molecule has 0 amide bonds. The van der Waals surface area contributed by atoms with Crippen molar-refractivity contribution >= 4 is 21.6 Å². The number of hydrogen-bond acceptors (Lipinski definition) is 6. The van der Waals surface area contributed by atoms with E-state index in [2.05, 4.69) is 36.4 Å². The number of likely N-dealkylation sites (N-methyl/N-ethyl adjacent to an activating group) is 1. The molecule has 0 fully saturated rings. The third kappa shape index (κ3) is 4.11. The van der Waals surface area contributed by atoms with Crippen molar-refractivity contribution in [3.63, 3.8) is 0 Å². The second kappa shape index (κ2) is 6.81. The highest BCUT2D eigenvalue weighted by molar-refractivity contribution is 9.10. The van der Waals surface area contributed by atoms with Crippen molar-refractivity contribution < 1.29 is 0 Å². The van der Waals surface area contributed by atoms with Crippen LogP contribution in [0, 0.1) is 0 Å². The van der Waals surface area contributed by atoms with Crippen molar-refractivity contribution in [1.29, 1.82) is 0 Å². The van der Waals surface area contributed by atoms with Crippen LogP contribution in [-0.4, -0.2) is 50.1 Å². The van der Waals surface area contributed by atoms with Gasteiger partial charge in [-0.25, -0.2) is 9.67 Å². The molecular weight excluding hydrogens is 338 g/mol. The molecule has 2 heterocycles. The smallest absolute Gasteiger partial charge is 0.283 e. The van der Waals surface area contributed by atoms with E-state index in [1.165, 1.54) is 4.68 Å². The average molecular weight is 356 g/mol. The number of hydrogen-bond donors (Lipinski definition) is 1. The standard InChI is InChI=1S/C12H18BrN7O/c1-18(2)4-5-20-12(21)11(13)9(6-16-20)14-7-10-15-8-19(3)17-10/h6,8,14H,4-5,7H2,1-3H3. The van der Waals surface area contributed by atoms with Gasteiger partial charge in [0.05, 0.1) is 25.0 Å². The van der Waals surface area contributed by atoms with Crippen molar-refractivity contribution in [2.75, 3.05) is 26.0 Å². The molecule has 8 nitrogen and oxygen atoms in total. The van der Waals surface area contributed by atoms with E-state index in [0.717, 1.165) is 6.54 Å². The van der Waals surface area contributed by atoms with Gasteiger partial charge in [0.1, 0.15) is 10.8 Å². The van der Waals surface area contributed by atoms with Crippen LogP contribution in [0.5, 0.6) is 0 Å². The fraction of sp³-hybridized carbons (Fsp3) is 0.500. The number of aromatic nitrogens is 5. The normalized spacial score (nSPS) is 11.1. The Hall–Kier alpha value is -1.74. The molecule has 2 rings (SSSR count). The van der Waals surface area contributed by atoms with Crippen LogP contribution in [0.2, 0.25) is 0 Å². The highest BCUT2D eigenvalue weighted by atomic mass is 79.9. The summed E-state index contributed by atoms with van der Waals surface area (Å²) < 4.78 is 3.53. The minimum atomic E-state index is -0.157. The van der Waals surface area contributed by atoms with Gasteiger partial charge in [0.25, 0.3) is 5.56 Å². The molecule has 9 heteroatoms. The van der Waals surface area contributed by atoms with Gasteiger partial charge in [0.15, 0.2) is 5.82 Å². The Morgan fingerprint density at radius 1 is 1.43 bits per heavy atom. The molecule has 2 aromatic heterocycles. The van der Waals surface area contributed by atoms with E-state index in [0.29, 0.717) is 29.1 Å². The van der Waals surface area contributed by atoms with Gasteiger partial charge >= 0.3 is 0 Å². The quantitative estimate of drug-likeness (QED) is 0.802. The zero-order valence-corrected chi connectivity index (χ0v) is 13.8. The lowest BCUT2D eigenvalue weighted by atomic mass is 10.4. The van der Waals surface area contributed by atoms with Crippen molar-refractivity contribution in [2.45, 2.75) is 13.1 Å². The molecule has 0 aliphatic carbocycles. The van der Waals surface area contributed by atoms with E-state index in [4.69, 9.17) is 0 Å². The molecule has 0 aliphatic rings. The van der Waals surface area contributed by atoms with Gasteiger partial charge in [0, 0.05) is 13.6 Å². The van der Waals surface area contributed by atoms with Crippen LogP contribution in [0.1, 0.15) is 5.82 Å². The Labute approximate surface area is 130 Å². The SMILES string of the molecule is CN(C)CCn1ncc(NCc2ncn(C)n2)c(Br)c1=O. The van der Waals surface area contributed by atoms with E-state index >= 15 is 0 Å². The molecular formula is C12H18BrN7O. The van der Waals surface area contributed by atoms with E-state index in [1.54, 1.807) is 24.3 Å². The summed E-state index contributed by atoms with van der Waals surface area (Å²) in [5.74, 6) is 0.654. The third-order valence-corrected chi connectivity index (χ3v) is 3.59. The first kappa shape index (κ1) is 15.6. The van der Waals surface area contributed by atoms with E-state index in [-0.39, 0.29) is 5.56 Å². The van der Waals surface area contributed by atoms with Crippen LogP contribution in [0.15, 0.2) is 21.8 Å². The molecule has 0 spiro atoms. The molecule has 0 bridgehead atoms. The third-order valence-electron chi connectivity index (χ3n) is 2.83. The topological polar surface area (TPSA) is 80.9 Å². The van der Waals surface area contributed by atoms with E-state index < -0.39 is 0 Å². The lowest BCUT2D eigenvalue weighted by molar-refractivity contribution is 0.367. The van der Waals surface area contributed by atoms with Crippen LogP contribution < -0.4 is 10.9 Å². The van der Waals surface area contributed by atoms with Gasteiger partial charge in [-0.2, -0.15) is 10.2 Å². The van der Waals surface area contributed by atoms with Crippen molar-refractivity contribution in [2.24, 2.45) is 7.05 Å². The first-order chi connectivity index (χ1) is 9.97. The summed E-state index contributed by atoms with van der Waals surface area (Å²) in [6.45, 7) is 1.73. The molecule has 2 aromatic rings. The first-order valence-electron chi connectivity index (χ1n) is 6.46. The maximum atomic E-state index is 12.2. The fourth-order valence-corrected chi connectivity index (χ4v) is 2.13. The van der Waals surface area contributed by atoms with Crippen LogP contribution in [0.25, 0.3) is 0 Å². The summed E-state index contributed by atoms with van der Waals surface area (Å²) in [5.41, 5.74) is 0.476. The number of nitrogens with one attached hydrogen (secondary N) is 1. The lowest BCUT2D eigenvalue weighted by Crippen LogP contribution is -2.29. The minimum Gasteiger partial charge on any atom is -0.375 e. The Balaban J connectivity index is 2.07. The summed E-state index contributed by atoms with van der Waals surface area (Å²) in [6.07, 6.45) is 3.26. The summed E-state index contributed by atoms with van der Waals surface area (Å²) >= 11 is 3.32. The molecule has 21 heavy (non-hydrogen) atoms. The average Bonchev–Trinajstić information content (AvgIpc) is 2.85. The van der Waals surface area contributed by atoms with E-state index in [1.807, 2.05) is 19.0 Å². The zero-order chi connectivity index (χ0) is 15.4. The van der Waals surface area contributed by atoms with Gasteiger partial charge in [-0.1, -0.05) is 0 Å². The molecule has 0 aromatic carbocycles. The molecule has 0 aliphatic heterocycles. The maximum absolute atomic E-state index is 12.2. The summed E-state index contributed by atoms with van der Waals surface area (Å²) in [4.78, 5) is 18.3. The van der Waals surface area contributed by atoms with Gasteiger partial charge in [-0.05, 0) is 30.0 Å². The maximum Gasteiger partial charge on any atom is 0.283 e. The Kier molecular flexibility index (Phi) is 5.07. The fourth-order valence-electron chi connectivity index (χ4n) is 1.68. The number of nitrogens with zero attached hydrogens (tertiary/aromatic N) is 6. The van der Waals surface area contributed by atoms with Crippen LogP contribution >= 0.6 is 15.9 Å². The Morgan fingerprint density at radius 3 is 2.81 bits per heavy atom. The van der Waals surface area contributed by atoms with Crippen molar-refractivity contribution in [3.8, 4) is 0 Å². The second-order valence-electron chi connectivity index (χ2n) is 4.89. The molecule has 0 unspecified atom stereocenters. The van der Waals surface area contributed by atoms with Crippen molar-refractivity contribution in [3.05, 3.63) is 33.2 Å². The number of anilines is 1. The van der Waals surface area contributed by atoms with Gasteiger partial charge in [-0.15, -0.1) is 0 Å². The monoisotopic (exact) mass is 355 g/mol. The second-order valence-corrected chi connectivity index (χ2v) is 5.68. The highest BCUT2D eigenvalue weighted by Gasteiger charge is 2.09. The van der Waals surface area contributed by atoms with Gasteiger partial charge in [0.2, 0.25) is 0 Å². The molecule has 0 radical (unpaired) electrons. The summed E-state index contributed by atoms with van der Waals surface area (Å²) in [5, 5.41) is 11.4. The van der Waals surface area contributed by atoms with Gasteiger partial charge in [-0.3, -0.25) is 9.48 Å². The Morgan fingerprint density at radius 2 is 2.19 bits per heavy atom. The lowest BCUT2D eigenvalue weighted by Gasteiger charge is -2.12. The summed E-state index contributed by atoms with van der Waals surface area (Å²) in [6, 6.07) is 0. The highest BCUT2D eigenvalue weighted by Crippen LogP contribution is 2.16. The number of halogens is 1. The molecule has 1 N–H and O–H groups in total.